The van der Waals surface area contributed by atoms with Crippen molar-refractivity contribution in [2.75, 3.05) is 44.3 Å². The fraction of sp³-hybridized carbons (Fsp3) is 0.533. The number of nitrogens with two attached hydrogens (primary N) is 1. The van der Waals surface area contributed by atoms with Gasteiger partial charge in [-0.25, -0.2) is 4.79 Å². The van der Waals surface area contributed by atoms with E-state index in [9.17, 15) is 4.79 Å². The molecule has 0 amide bonds. The van der Waals surface area contributed by atoms with Gasteiger partial charge in [-0.2, -0.15) is 0 Å². The molecule has 3 N–H and O–H groups in total. The van der Waals surface area contributed by atoms with Gasteiger partial charge in [-0.3, -0.25) is 0 Å². The molecule has 0 saturated heterocycles. The minimum absolute atomic E-state index is 0.405. The van der Waals surface area contributed by atoms with E-state index >= 15 is 0 Å². The molecular formula is C15H25N3O2. The number of hydrogen-bond donors (Lipinski definition) is 2. The molecule has 0 radical (unpaired) electrons. The Hall–Kier alpha value is -1.75. The summed E-state index contributed by atoms with van der Waals surface area (Å²) in [4.78, 5) is 14.0. The van der Waals surface area contributed by atoms with Crippen molar-refractivity contribution in [3.63, 3.8) is 0 Å². The van der Waals surface area contributed by atoms with Gasteiger partial charge < -0.3 is 20.7 Å². The second kappa shape index (κ2) is 7.75. The Kier molecular flexibility index (Phi) is 6.31. The van der Waals surface area contributed by atoms with Gasteiger partial charge in [0, 0.05) is 24.5 Å². The van der Waals surface area contributed by atoms with Gasteiger partial charge in [-0.05, 0) is 37.7 Å². The maximum atomic E-state index is 11.7. The molecule has 5 nitrogen and oxygen atoms in total. The van der Waals surface area contributed by atoms with Crippen molar-refractivity contribution < 1.29 is 9.53 Å². The Morgan fingerprint density at radius 1 is 1.35 bits per heavy atom. The first-order chi connectivity index (χ1) is 9.53. The zero-order chi connectivity index (χ0) is 15.1. The Morgan fingerprint density at radius 2 is 2.00 bits per heavy atom. The van der Waals surface area contributed by atoms with Crippen LogP contribution in [0.4, 0.5) is 11.4 Å². The van der Waals surface area contributed by atoms with E-state index < -0.39 is 5.97 Å². The van der Waals surface area contributed by atoms with Crippen molar-refractivity contribution in [2.45, 2.75) is 20.8 Å². The third-order valence-corrected chi connectivity index (χ3v) is 3.44. The van der Waals surface area contributed by atoms with Crippen LogP contribution < -0.4 is 11.1 Å². The molecule has 0 aliphatic rings. The summed E-state index contributed by atoms with van der Waals surface area (Å²) in [6.07, 6.45) is 0. The van der Waals surface area contributed by atoms with E-state index in [1.807, 2.05) is 13.0 Å². The van der Waals surface area contributed by atoms with Crippen LogP contribution in [-0.2, 0) is 4.74 Å². The molecule has 0 aromatic heterocycles. The molecule has 1 aromatic carbocycles. The van der Waals surface area contributed by atoms with E-state index in [-0.39, 0.29) is 0 Å². The molecule has 0 unspecified atom stereocenters. The predicted octanol–water partition coefficient (Wildman–Crippen LogP) is 2.12. The van der Waals surface area contributed by atoms with Crippen LogP contribution in [0, 0.1) is 6.92 Å². The van der Waals surface area contributed by atoms with Crippen LogP contribution in [0.25, 0.3) is 0 Å². The Morgan fingerprint density at radius 3 is 2.55 bits per heavy atom. The second-order valence-electron chi connectivity index (χ2n) is 4.70. The van der Waals surface area contributed by atoms with Gasteiger partial charge in [0.1, 0.15) is 0 Å². The summed E-state index contributed by atoms with van der Waals surface area (Å²) in [6, 6.07) is 3.69. The molecule has 0 heterocycles. The summed E-state index contributed by atoms with van der Waals surface area (Å²) in [6.45, 7) is 10.0. The standard InChI is InChI=1S/C15H25N3O2/c1-5-18(6-2)8-7-17-12-9-11(3)14(16)13(10-12)15(19)20-4/h9-10,17H,5-8,16H2,1-4H3. The van der Waals surface area contributed by atoms with Crippen molar-refractivity contribution in [2.24, 2.45) is 0 Å². The molecule has 0 aliphatic heterocycles. The highest BCUT2D eigenvalue weighted by Gasteiger charge is 2.13. The van der Waals surface area contributed by atoms with E-state index in [1.165, 1.54) is 7.11 Å². The highest BCUT2D eigenvalue weighted by molar-refractivity contribution is 5.97. The van der Waals surface area contributed by atoms with Crippen LogP contribution >= 0.6 is 0 Å². The lowest BCUT2D eigenvalue weighted by molar-refractivity contribution is 0.0602. The molecule has 5 heteroatoms. The number of esters is 1. The molecule has 1 aromatic rings. The summed E-state index contributed by atoms with van der Waals surface area (Å²) in [7, 11) is 1.36. The zero-order valence-electron chi connectivity index (χ0n) is 12.8. The van der Waals surface area contributed by atoms with Gasteiger partial charge in [-0.15, -0.1) is 0 Å². The number of aryl methyl sites for hydroxylation is 1. The molecule has 1 rings (SSSR count). The van der Waals surface area contributed by atoms with Gasteiger partial charge >= 0.3 is 5.97 Å². The number of carbonyl (C=O) groups excluding carboxylic acids is 1. The number of anilines is 2. The van der Waals surface area contributed by atoms with Gasteiger partial charge in [-0.1, -0.05) is 13.8 Å². The van der Waals surface area contributed by atoms with Crippen molar-refractivity contribution in [3.8, 4) is 0 Å². The first kappa shape index (κ1) is 16.3. The molecule has 0 saturated carbocycles. The average Bonchev–Trinajstić information content (AvgIpc) is 2.46. The number of ether oxygens (including phenoxy) is 1. The van der Waals surface area contributed by atoms with E-state index in [4.69, 9.17) is 10.5 Å². The third-order valence-electron chi connectivity index (χ3n) is 3.44. The van der Waals surface area contributed by atoms with Crippen LogP contribution in [-0.4, -0.2) is 44.2 Å². The lowest BCUT2D eigenvalue weighted by Gasteiger charge is -2.19. The molecule has 0 spiro atoms. The van der Waals surface area contributed by atoms with E-state index in [0.717, 1.165) is 37.4 Å². The monoisotopic (exact) mass is 279 g/mol. The van der Waals surface area contributed by atoms with Crippen LogP contribution in [0.3, 0.4) is 0 Å². The summed E-state index contributed by atoms with van der Waals surface area (Å²) in [5, 5.41) is 3.33. The van der Waals surface area contributed by atoms with Crippen LogP contribution in [0.15, 0.2) is 12.1 Å². The fourth-order valence-corrected chi connectivity index (χ4v) is 2.08. The van der Waals surface area contributed by atoms with Crippen molar-refractivity contribution in [1.29, 1.82) is 0 Å². The summed E-state index contributed by atoms with van der Waals surface area (Å²) in [5.41, 5.74) is 8.57. The van der Waals surface area contributed by atoms with Crippen LogP contribution in [0.2, 0.25) is 0 Å². The maximum absolute atomic E-state index is 11.7. The number of hydrogen-bond acceptors (Lipinski definition) is 5. The summed E-state index contributed by atoms with van der Waals surface area (Å²) < 4.78 is 4.75. The van der Waals surface area contributed by atoms with E-state index in [2.05, 4.69) is 24.1 Å². The highest BCUT2D eigenvalue weighted by atomic mass is 16.5. The van der Waals surface area contributed by atoms with E-state index in [0.29, 0.717) is 11.3 Å². The number of benzene rings is 1. The van der Waals surface area contributed by atoms with Crippen molar-refractivity contribution >= 4 is 17.3 Å². The Balaban J connectivity index is 2.76. The molecule has 20 heavy (non-hydrogen) atoms. The number of nitrogen functional groups attached to an aromatic ring is 1. The first-order valence-corrected chi connectivity index (χ1v) is 6.98. The van der Waals surface area contributed by atoms with Gasteiger partial charge in [0.2, 0.25) is 0 Å². The quantitative estimate of drug-likeness (QED) is 0.591. The van der Waals surface area contributed by atoms with Crippen LogP contribution in [0.5, 0.6) is 0 Å². The van der Waals surface area contributed by atoms with Gasteiger partial charge in [0.05, 0.1) is 12.7 Å². The minimum Gasteiger partial charge on any atom is -0.465 e. The number of nitrogens with zero attached hydrogens (tertiary/aromatic N) is 1. The number of rotatable bonds is 7. The van der Waals surface area contributed by atoms with Crippen molar-refractivity contribution in [3.05, 3.63) is 23.3 Å². The predicted molar refractivity (Wildman–Crippen MR) is 83.2 cm³/mol. The Bertz CT molecular complexity index is 457. The molecule has 0 bridgehead atoms. The van der Waals surface area contributed by atoms with Gasteiger partial charge in [0.25, 0.3) is 0 Å². The van der Waals surface area contributed by atoms with Crippen LogP contribution in [0.1, 0.15) is 29.8 Å². The van der Waals surface area contributed by atoms with Gasteiger partial charge in [0.15, 0.2) is 0 Å². The molecule has 0 aliphatic carbocycles. The lowest BCUT2D eigenvalue weighted by atomic mass is 10.1. The summed E-state index contributed by atoms with van der Waals surface area (Å²) >= 11 is 0. The zero-order valence-corrected chi connectivity index (χ0v) is 12.8. The van der Waals surface area contributed by atoms with Crippen molar-refractivity contribution in [1.82, 2.24) is 4.90 Å². The minimum atomic E-state index is -0.405. The smallest absolute Gasteiger partial charge is 0.340 e. The summed E-state index contributed by atoms with van der Waals surface area (Å²) in [5.74, 6) is -0.405. The number of methoxy groups -OCH3 is 1. The lowest BCUT2D eigenvalue weighted by Crippen LogP contribution is -2.28. The Labute approximate surface area is 121 Å². The molecule has 112 valence electrons. The number of carbonyl (C=O) groups is 1. The highest BCUT2D eigenvalue weighted by Crippen LogP contribution is 2.23. The third kappa shape index (κ3) is 4.13. The van der Waals surface area contributed by atoms with E-state index in [1.54, 1.807) is 6.07 Å². The second-order valence-corrected chi connectivity index (χ2v) is 4.70. The molecular weight excluding hydrogens is 254 g/mol. The largest absolute Gasteiger partial charge is 0.465 e. The SMILES string of the molecule is CCN(CC)CCNc1cc(C)c(N)c(C(=O)OC)c1. The molecule has 0 fully saturated rings. The normalized spacial score (nSPS) is 10.7. The topological polar surface area (TPSA) is 67.6 Å². The number of nitrogens with one attached hydrogen (secondary N) is 1. The molecule has 0 atom stereocenters. The number of likely N-dealkylation sites (N-methyl/N-ethyl adjacent to an activating group) is 1. The average molecular weight is 279 g/mol. The maximum Gasteiger partial charge on any atom is 0.340 e. The first-order valence-electron chi connectivity index (χ1n) is 6.98. The fourth-order valence-electron chi connectivity index (χ4n) is 2.08.